The molecule has 0 radical (unpaired) electrons. The smallest absolute Gasteiger partial charge is 0.363 e. The van der Waals surface area contributed by atoms with Crippen molar-refractivity contribution in [1.82, 2.24) is 0 Å². The van der Waals surface area contributed by atoms with Crippen LogP contribution in [-0.4, -0.2) is 11.9 Å². The molecule has 1 aliphatic heterocycles. The van der Waals surface area contributed by atoms with E-state index in [-0.39, 0.29) is 22.7 Å². The Hall–Kier alpha value is -2.96. The Balaban J connectivity index is 1.97. The van der Waals surface area contributed by atoms with Crippen LogP contribution in [-0.2, 0) is 9.53 Å². The molecule has 3 rings (SSSR count). The molecule has 0 N–H and O–H groups in total. The summed E-state index contributed by atoms with van der Waals surface area (Å²) in [6.45, 7) is 0. The molecule has 116 valence electrons. The molecule has 0 spiro atoms. The number of nitrogens with zero attached hydrogens (tertiary/aromatic N) is 1. The second-order valence-corrected chi connectivity index (χ2v) is 4.63. The van der Waals surface area contributed by atoms with Crippen molar-refractivity contribution in [3.63, 3.8) is 0 Å². The highest BCUT2D eigenvalue weighted by Gasteiger charge is 2.26. The molecule has 0 fully saturated rings. The summed E-state index contributed by atoms with van der Waals surface area (Å²) in [5.74, 6) is -5.05. The molecular weight excluding hydrogens is 314 g/mol. The maximum absolute atomic E-state index is 13.7. The van der Waals surface area contributed by atoms with E-state index in [0.29, 0.717) is 6.07 Å². The number of ether oxygens (including phenoxy) is 1. The third-order valence-corrected chi connectivity index (χ3v) is 3.03. The minimum absolute atomic E-state index is 0.181. The molecule has 0 atom stereocenters. The Kier molecular flexibility index (Phi) is 3.69. The van der Waals surface area contributed by atoms with E-state index >= 15 is 0 Å². The molecule has 0 saturated heterocycles. The lowest BCUT2D eigenvalue weighted by molar-refractivity contribution is -0.129. The Morgan fingerprint density at radius 2 is 1.70 bits per heavy atom. The molecule has 2 aromatic carbocycles. The molecule has 1 heterocycles. The number of hydrogen-bond donors (Lipinski definition) is 0. The normalized spacial score (nSPS) is 15.7. The molecule has 2 aromatic rings. The first kappa shape index (κ1) is 15.0. The van der Waals surface area contributed by atoms with E-state index in [4.69, 9.17) is 4.74 Å². The van der Waals surface area contributed by atoms with Gasteiger partial charge in [0, 0.05) is 6.07 Å². The van der Waals surface area contributed by atoms with Crippen LogP contribution in [0.25, 0.3) is 6.08 Å². The first-order valence-corrected chi connectivity index (χ1v) is 6.37. The van der Waals surface area contributed by atoms with Crippen molar-refractivity contribution >= 4 is 17.9 Å². The van der Waals surface area contributed by atoms with Gasteiger partial charge in [0.05, 0.1) is 5.56 Å². The summed E-state index contributed by atoms with van der Waals surface area (Å²) in [5.41, 5.74) is -0.219. The standard InChI is InChI=1S/C16H7F4NO2/c17-9-2-3-10(12(19)7-9)15-21-14(16(22)23-15)6-8-1-4-11(18)13(20)5-8/h1-7H. The van der Waals surface area contributed by atoms with Crippen LogP contribution in [0.5, 0.6) is 0 Å². The predicted molar refractivity (Wildman–Crippen MR) is 73.3 cm³/mol. The maximum Gasteiger partial charge on any atom is 0.363 e. The average Bonchev–Trinajstić information content (AvgIpc) is 2.84. The highest BCUT2D eigenvalue weighted by Crippen LogP contribution is 2.21. The number of cyclic esters (lactones) is 1. The lowest BCUT2D eigenvalue weighted by atomic mass is 10.2. The molecule has 3 nitrogen and oxygen atoms in total. The number of benzene rings is 2. The molecular formula is C16H7F4NO2. The second kappa shape index (κ2) is 5.68. The highest BCUT2D eigenvalue weighted by molar-refractivity contribution is 6.12. The number of carbonyl (C=O) groups is 1. The van der Waals surface area contributed by atoms with E-state index < -0.39 is 29.2 Å². The van der Waals surface area contributed by atoms with E-state index in [1.165, 1.54) is 12.1 Å². The van der Waals surface area contributed by atoms with Crippen LogP contribution in [0.2, 0.25) is 0 Å². The molecule has 0 bridgehead atoms. The van der Waals surface area contributed by atoms with Gasteiger partial charge in [-0.2, -0.15) is 0 Å². The quantitative estimate of drug-likeness (QED) is 0.482. The van der Waals surface area contributed by atoms with Crippen LogP contribution in [0, 0.1) is 23.3 Å². The topological polar surface area (TPSA) is 38.7 Å². The zero-order valence-corrected chi connectivity index (χ0v) is 11.3. The van der Waals surface area contributed by atoms with E-state index in [2.05, 4.69) is 4.99 Å². The summed E-state index contributed by atoms with van der Waals surface area (Å²) < 4.78 is 57.4. The summed E-state index contributed by atoms with van der Waals surface area (Å²) >= 11 is 0. The fourth-order valence-electron chi connectivity index (χ4n) is 1.95. The van der Waals surface area contributed by atoms with Crippen molar-refractivity contribution in [2.75, 3.05) is 0 Å². The van der Waals surface area contributed by atoms with Gasteiger partial charge in [-0.05, 0) is 35.9 Å². The second-order valence-electron chi connectivity index (χ2n) is 4.63. The van der Waals surface area contributed by atoms with Gasteiger partial charge in [-0.1, -0.05) is 6.07 Å². The van der Waals surface area contributed by atoms with Crippen molar-refractivity contribution in [2.45, 2.75) is 0 Å². The molecule has 23 heavy (non-hydrogen) atoms. The van der Waals surface area contributed by atoms with E-state index in [1.807, 2.05) is 0 Å². The Labute approximate surface area is 127 Å². The van der Waals surface area contributed by atoms with Crippen LogP contribution in [0.15, 0.2) is 47.1 Å². The number of rotatable bonds is 2. The van der Waals surface area contributed by atoms with Crippen molar-refractivity contribution in [1.29, 1.82) is 0 Å². The molecule has 0 amide bonds. The van der Waals surface area contributed by atoms with E-state index in [9.17, 15) is 22.4 Å². The Morgan fingerprint density at radius 3 is 2.39 bits per heavy atom. The fourth-order valence-corrected chi connectivity index (χ4v) is 1.95. The van der Waals surface area contributed by atoms with Crippen LogP contribution in [0.3, 0.4) is 0 Å². The van der Waals surface area contributed by atoms with Gasteiger partial charge in [-0.25, -0.2) is 27.3 Å². The third kappa shape index (κ3) is 2.98. The predicted octanol–water partition coefficient (Wildman–Crippen LogP) is 3.59. The molecule has 0 unspecified atom stereocenters. The molecule has 7 heteroatoms. The van der Waals surface area contributed by atoms with Crippen LogP contribution >= 0.6 is 0 Å². The van der Waals surface area contributed by atoms with Crippen molar-refractivity contribution < 1.29 is 27.1 Å². The van der Waals surface area contributed by atoms with Crippen molar-refractivity contribution in [3.05, 3.63) is 76.5 Å². The van der Waals surface area contributed by atoms with Gasteiger partial charge in [0.25, 0.3) is 0 Å². The van der Waals surface area contributed by atoms with Crippen molar-refractivity contribution in [3.8, 4) is 0 Å². The van der Waals surface area contributed by atoms with Crippen LogP contribution in [0.1, 0.15) is 11.1 Å². The van der Waals surface area contributed by atoms with Gasteiger partial charge in [-0.15, -0.1) is 0 Å². The average molecular weight is 321 g/mol. The lowest BCUT2D eigenvalue weighted by Crippen LogP contribution is -2.07. The first-order valence-electron chi connectivity index (χ1n) is 6.37. The highest BCUT2D eigenvalue weighted by atomic mass is 19.2. The molecule has 0 aromatic heterocycles. The fraction of sp³-hybridized carbons (Fsp3) is 0. The SMILES string of the molecule is O=C1OC(c2ccc(F)cc2F)=NC1=Cc1ccc(F)c(F)c1. The van der Waals surface area contributed by atoms with Crippen LogP contribution in [0.4, 0.5) is 17.6 Å². The minimum atomic E-state index is -1.08. The summed E-state index contributed by atoms with van der Waals surface area (Å²) in [6, 6.07) is 5.71. The summed E-state index contributed by atoms with van der Waals surface area (Å²) in [5, 5.41) is 0. The van der Waals surface area contributed by atoms with Crippen LogP contribution < -0.4 is 0 Å². The Morgan fingerprint density at radius 1 is 0.913 bits per heavy atom. The first-order chi connectivity index (χ1) is 10.9. The van der Waals surface area contributed by atoms with Crippen molar-refractivity contribution in [2.24, 2.45) is 4.99 Å². The zero-order valence-electron chi connectivity index (χ0n) is 11.3. The monoisotopic (exact) mass is 321 g/mol. The van der Waals surface area contributed by atoms with Gasteiger partial charge >= 0.3 is 5.97 Å². The number of carbonyl (C=O) groups excluding carboxylic acids is 1. The number of aliphatic imine (C=N–C) groups is 1. The number of hydrogen-bond acceptors (Lipinski definition) is 3. The summed E-state index contributed by atoms with van der Waals surface area (Å²) in [4.78, 5) is 15.5. The summed E-state index contributed by atoms with van der Waals surface area (Å²) in [7, 11) is 0. The molecule has 0 aliphatic carbocycles. The van der Waals surface area contributed by atoms with Gasteiger partial charge in [0.15, 0.2) is 17.3 Å². The van der Waals surface area contributed by atoms with E-state index in [1.54, 1.807) is 0 Å². The van der Waals surface area contributed by atoms with Gasteiger partial charge in [-0.3, -0.25) is 0 Å². The van der Waals surface area contributed by atoms with E-state index in [0.717, 1.165) is 24.3 Å². The zero-order chi connectivity index (χ0) is 16.6. The van der Waals surface area contributed by atoms with Gasteiger partial charge < -0.3 is 4.74 Å². The number of halogens is 4. The molecule has 1 aliphatic rings. The van der Waals surface area contributed by atoms with Gasteiger partial charge in [0.1, 0.15) is 11.6 Å². The molecule has 0 saturated carbocycles. The summed E-state index contributed by atoms with van der Waals surface area (Å²) in [6.07, 6.45) is 1.17. The minimum Gasteiger partial charge on any atom is -0.402 e. The lowest BCUT2D eigenvalue weighted by Gasteiger charge is -2.00. The van der Waals surface area contributed by atoms with Gasteiger partial charge in [0.2, 0.25) is 5.90 Å². The number of esters is 1. The Bertz CT molecular complexity index is 874. The third-order valence-electron chi connectivity index (χ3n) is 3.03. The maximum atomic E-state index is 13.7. The largest absolute Gasteiger partial charge is 0.402 e.